The van der Waals surface area contributed by atoms with Crippen LogP contribution in [0.4, 0.5) is 0 Å². The van der Waals surface area contributed by atoms with E-state index in [4.69, 9.17) is 20.6 Å². The fraction of sp³-hybridized carbons (Fsp3) is 0.375. The number of carbonyl (C=O) groups excluding carboxylic acids is 2. The van der Waals surface area contributed by atoms with Gasteiger partial charge in [0.2, 0.25) is 0 Å². The van der Waals surface area contributed by atoms with E-state index in [0.717, 1.165) is 0 Å². The monoisotopic (exact) mass is 367 g/mol. The Morgan fingerprint density at radius 1 is 1.24 bits per heavy atom. The van der Waals surface area contributed by atoms with Crippen LogP contribution in [0.1, 0.15) is 6.42 Å². The highest BCUT2D eigenvalue weighted by Gasteiger charge is 2.21. The van der Waals surface area contributed by atoms with E-state index in [1.165, 1.54) is 18.2 Å². The maximum absolute atomic E-state index is 12.3. The van der Waals surface area contributed by atoms with Gasteiger partial charge in [-0.15, -0.1) is 6.42 Å². The molecule has 0 atom stereocenters. The summed E-state index contributed by atoms with van der Waals surface area (Å²) in [5.74, 6) is 1.23. The van der Waals surface area contributed by atoms with E-state index in [9.17, 15) is 18.0 Å². The summed E-state index contributed by atoms with van der Waals surface area (Å²) in [6.45, 7) is 0.254. The highest BCUT2D eigenvalue weighted by molar-refractivity contribution is 7.91. The molecule has 0 spiro atoms. The SMILES string of the molecule is C#CCNC(=O)COC(=O)CCS(=O)(=O)c1ccc2c(c1)OCCO2. The van der Waals surface area contributed by atoms with Gasteiger partial charge in [0, 0.05) is 6.07 Å². The lowest BCUT2D eigenvalue weighted by Crippen LogP contribution is -2.29. The van der Waals surface area contributed by atoms with Crippen molar-refractivity contribution < 1.29 is 32.2 Å². The number of amides is 1. The Bertz CT molecular complexity index is 795. The number of hydrogen-bond donors (Lipinski definition) is 1. The van der Waals surface area contributed by atoms with Gasteiger partial charge in [-0.25, -0.2) is 8.42 Å². The molecule has 1 aliphatic heterocycles. The fourth-order valence-electron chi connectivity index (χ4n) is 1.97. The topological polar surface area (TPSA) is 108 Å². The van der Waals surface area contributed by atoms with Crippen LogP contribution in [-0.2, 0) is 24.2 Å². The molecule has 2 rings (SSSR count). The van der Waals surface area contributed by atoms with Crippen molar-refractivity contribution in [3.63, 3.8) is 0 Å². The molecule has 1 amide bonds. The van der Waals surface area contributed by atoms with Gasteiger partial charge in [0.25, 0.3) is 5.91 Å². The fourth-order valence-corrected chi connectivity index (χ4v) is 3.20. The summed E-state index contributed by atoms with van der Waals surface area (Å²) in [5.41, 5.74) is 0. The number of terminal acetylenes is 1. The first-order valence-electron chi connectivity index (χ1n) is 7.40. The molecular formula is C16H17NO7S. The Morgan fingerprint density at radius 2 is 1.96 bits per heavy atom. The second-order valence-corrected chi connectivity index (χ2v) is 7.13. The smallest absolute Gasteiger partial charge is 0.307 e. The van der Waals surface area contributed by atoms with E-state index in [1.807, 2.05) is 0 Å². The number of rotatable bonds is 7. The molecule has 0 unspecified atom stereocenters. The maximum atomic E-state index is 12.3. The number of hydrogen-bond acceptors (Lipinski definition) is 7. The van der Waals surface area contributed by atoms with Crippen molar-refractivity contribution in [1.29, 1.82) is 0 Å². The summed E-state index contributed by atoms with van der Waals surface area (Å²) >= 11 is 0. The lowest BCUT2D eigenvalue weighted by Gasteiger charge is -2.18. The Morgan fingerprint density at radius 3 is 2.68 bits per heavy atom. The molecule has 1 N–H and O–H groups in total. The predicted molar refractivity (Wildman–Crippen MR) is 86.9 cm³/mol. The Kier molecular flexibility index (Phi) is 6.25. The number of nitrogens with one attached hydrogen (secondary N) is 1. The molecule has 0 saturated heterocycles. The van der Waals surface area contributed by atoms with Crippen molar-refractivity contribution in [1.82, 2.24) is 5.32 Å². The van der Waals surface area contributed by atoms with E-state index >= 15 is 0 Å². The van der Waals surface area contributed by atoms with Crippen LogP contribution in [0.3, 0.4) is 0 Å². The molecule has 25 heavy (non-hydrogen) atoms. The number of fused-ring (bicyclic) bond motifs is 1. The van der Waals surface area contributed by atoms with Crippen LogP contribution in [-0.4, -0.2) is 52.4 Å². The van der Waals surface area contributed by atoms with Crippen molar-refractivity contribution in [3.05, 3.63) is 18.2 Å². The van der Waals surface area contributed by atoms with Crippen LogP contribution in [0, 0.1) is 12.3 Å². The standard InChI is InChI=1S/C16H17NO7S/c1-2-6-17-15(18)11-24-16(19)5-9-25(20,21)12-3-4-13-14(10-12)23-8-7-22-13/h1,3-4,10H,5-9,11H2,(H,17,18). The second-order valence-electron chi connectivity index (χ2n) is 5.02. The number of carbonyl (C=O) groups is 2. The van der Waals surface area contributed by atoms with Gasteiger partial charge >= 0.3 is 5.97 Å². The summed E-state index contributed by atoms with van der Waals surface area (Å²) in [5, 5.41) is 2.32. The Balaban J connectivity index is 1.88. The number of esters is 1. The summed E-state index contributed by atoms with van der Waals surface area (Å²) in [4.78, 5) is 22.8. The van der Waals surface area contributed by atoms with Gasteiger partial charge < -0.3 is 19.5 Å². The maximum Gasteiger partial charge on any atom is 0.307 e. The van der Waals surface area contributed by atoms with Crippen molar-refractivity contribution in [2.75, 3.05) is 32.1 Å². The lowest BCUT2D eigenvalue weighted by atomic mass is 10.3. The molecule has 0 aliphatic carbocycles. The van der Waals surface area contributed by atoms with Gasteiger partial charge in [-0.05, 0) is 12.1 Å². The first-order chi connectivity index (χ1) is 11.9. The zero-order valence-corrected chi connectivity index (χ0v) is 14.1. The van der Waals surface area contributed by atoms with E-state index in [0.29, 0.717) is 24.7 Å². The van der Waals surface area contributed by atoms with Gasteiger partial charge in [0.1, 0.15) is 13.2 Å². The van der Waals surface area contributed by atoms with Gasteiger partial charge in [-0.2, -0.15) is 0 Å². The quantitative estimate of drug-likeness (QED) is 0.530. The first kappa shape index (κ1) is 18.6. The van der Waals surface area contributed by atoms with Crippen LogP contribution in [0.15, 0.2) is 23.1 Å². The van der Waals surface area contributed by atoms with Crippen molar-refractivity contribution in [2.24, 2.45) is 0 Å². The van der Waals surface area contributed by atoms with Crippen LogP contribution >= 0.6 is 0 Å². The van der Waals surface area contributed by atoms with Crippen LogP contribution in [0.5, 0.6) is 11.5 Å². The molecule has 0 bridgehead atoms. The number of sulfone groups is 1. The van der Waals surface area contributed by atoms with Gasteiger partial charge in [-0.1, -0.05) is 5.92 Å². The third kappa shape index (κ3) is 5.39. The predicted octanol–water partition coefficient (Wildman–Crippen LogP) is -0.0858. The third-order valence-corrected chi connectivity index (χ3v) is 4.91. The third-order valence-electron chi connectivity index (χ3n) is 3.20. The van der Waals surface area contributed by atoms with Crippen molar-refractivity contribution in [3.8, 4) is 23.8 Å². The molecule has 1 aliphatic rings. The molecule has 1 heterocycles. The summed E-state index contributed by atoms with van der Waals surface area (Å²) in [7, 11) is -3.71. The molecule has 9 heteroatoms. The number of ether oxygens (including phenoxy) is 3. The van der Waals surface area contributed by atoms with Gasteiger partial charge in [-0.3, -0.25) is 9.59 Å². The lowest BCUT2D eigenvalue weighted by molar-refractivity contribution is -0.148. The molecule has 0 aromatic heterocycles. The highest BCUT2D eigenvalue weighted by atomic mass is 32.2. The molecule has 1 aromatic carbocycles. The van der Waals surface area contributed by atoms with E-state index in [1.54, 1.807) is 0 Å². The van der Waals surface area contributed by atoms with Crippen molar-refractivity contribution >= 4 is 21.7 Å². The van der Waals surface area contributed by atoms with Crippen LogP contribution < -0.4 is 14.8 Å². The van der Waals surface area contributed by atoms with E-state index < -0.39 is 34.1 Å². The molecule has 0 saturated carbocycles. The second kappa shape index (κ2) is 8.39. The minimum absolute atomic E-state index is 0.0227. The summed E-state index contributed by atoms with van der Waals surface area (Å²) < 4.78 is 40.0. The van der Waals surface area contributed by atoms with Crippen LogP contribution in [0.2, 0.25) is 0 Å². The van der Waals surface area contributed by atoms with E-state index in [2.05, 4.69) is 11.2 Å². The number of benzene rings is 1. The zero-order valence-electron chi connectivity index (χ0n) is 13.3. The molecule has 8 nitrogen and oxygen atoms in total. The minimum Gasteiger partial charge on any atom is -0.486 e. The van der Waals surface area contributed by atoms with E-state index in [-0.39, 0.29) is 17.9 Å². The van der Waals surface area contributed by atoms with Crippen LogP contribution in [0.25, 0.3) is 0 Å². The molecular weight excluding hydrogens is 350 g/mol. The molecule has 1 aromatic rings. The van der Waals surface area contributed by atoms with Gasteiger partial charge in [0.15, 0.2) is 27.9 Å². The normalized spacial score (nSPS) is 12.8. The highest BCUT2D eigenvalue weighted by Crippen LogP contribution is 2.32. The van der Waals surface area contributed by atoms with Gasteiger partial charge in [0.05, 0.1) is 23.6 Å². The zero-order chi connectivity index (χ0) is 18.3. The largest absolute Gasteiger partial charge is 0.486 e. The summed E-state index contributed by atoms with van der Waals surface area (Å²) in [6.07, 6.45) is 4.59. The first-order valence-corrected chi connectivity index (χ1v) is 9.06. The Hall–Kier alpha value is -2.73. The Labute approximate surface area is 145 Å². The molecule has 134 valence electrons. The summed E-state index contributed by atoms with van der Waals surface area (Å²) in [6, 6.07) is 4.26. The minimum atomic E-state index is -3.71. The molecule has 0 radical (unpaired) electrons. The average molecular weight is 367 g/mol. The van der Waals surface area contributed by atoms with Crippen molar-refractivity contribution in [2.45, 2.75) is 11.3 Å². The average Bonchev–Trinajstić information content (AvgIpc) is 2.62. The molecule has 0 fully saturated rings.